The van der Waals surface area contributed by atoms with Gasteiger partial charge in [-0.25, -0.2) is 0 Å². The first-order valence-electron chi connectivity index (χ1n) is 12.7. The number of esters is 4. The molecule has 0 heterocycles. The molecule has 0 aromatic heterocycles. The number of nitrogens with two attached hydrogens (primary N) is 1. The van der Waals surface area contributed by atoms with E-state index < -0.39 is 47.6 Å². The summed E-state index contributed by atoms with van der Waals surface area (Å²) in [5.74, 6) is -5.86. The van der Waals surface area contributed by atoms with E-state index in [0.29, 0.717) is 12.8 Å². The van der Waals surface area contributed by atoms with Crippen LogP contribution in [-0.2, 0) is 24.0 Å². The van der Waals surface area contributed by atoms with Crippen molar-refractivity contribution in [1.29, 1.82) is 0 Å². The summed E-state index contributed by atoms with van der Waals surface area (Å²) >= 11 is 0. The summed E-state index contributed by atoms with van der Waals surface area (Å²) in [6.07, 6.45) is 0.797. The minimum Gasteiger partial charge on any atom is -0.423 e. The Morgan fingerprint density at radius 2 is 1.12 bits per heavy atom. The number of benzene rings is 2. The molecular formula is C28H31N3O11. The summed E-state index contributed by atoms with van der Waals surface area (Å²) in [4.78, 5) is 83.7. The minimum atomic E-state index is -1.12. The van der Waals surface area contributed by atoms with E-state index in [2.05, 4.69) is 10.6 Å². The molecule has 0 spiro atoms. The summed E-state index contributed by atoms with van der Waals surface area (Å²) in [7, 11) is 0. The Labute approximate surface area is 240 Å². The lowest BCUT2D eigenvalue weighted by Crippen LogP contribution is -2.44. The Morgan fingerprint density at radius 3 is 1.55 bits per heavy atom. The smallest absolute Gasteiger partial charge is 0.308 e. The molecule has 0 aliphatic rings. The van der Waals surface area contributed by atoms with E-state index in [1.54, 1.807) is 0 Å². The maximum absolute atomic E-state index is 13.0. The highest BCUT2D eigenvalue weighted by Crippen LogP contribution is 2.33. The van der Waals surface area contributed by atoms with Gasteiger partial charge in [0.05, 0.1) is 11.1 Å². The van der Waals surface area contributed by atoms with Crippen molar-refractivity contribution in [2.45, 2.75) is 53.0 Å². The molecule has 2 rings (SSSR count). The Balaban J connectivity index is 2.04. The first kappa shape index (κ1) is 32.9. The van der Waals surface area contributed by atoms with Gasteiger partial charge < -0.3 is 35.3 Å². The standard InChI is InChI=1S/C28H31N3O11/c1-15(32)39-22-12-7-9-19(24(22)41-17(3)34)27(37)30-14-6-5-11-21(26(29)36)31-28(38)20-10-8-13-23(40-16(2)33)25(20)42-18(4)35/h7-10,12-13,21H,5-6,11,14H2,1-4H3,(H2,29,36)(H,30,37)(H,31,38). The lowest BCUT2D eigenvalue weighted by molar-refractivity contribution is -0.134. The molecular weight excluding hydrogens is 554 g/mol. The van der Waals surface area contributed by atoms with E-state index >= 15 is 0 Å². The third-order valence-corrected chi connectivity index (χ3v) is 5.30. The molecule has 0 saturated carbocycles. The first-order chi connectivity index (χ1) is 19.8. The molecule has 14 nitrogen and oxygen atoms in total. The fraction of sp³-hybridized carbons (Fsp3) is 0.321. The van der Waals surface area contributed by atoms with Gasteiger partial charge in [-0.05, 0) is 43.5 Å². The van der Waals surface area contributed by atoms with Crippen molar-refractivity contribution in [3.05, 3.63) is 47.5 Å². The molecule has 0 radical (unpaired) electrons. The molecule has 0 saturated heterocycles. The first-order valence-corrected chi connectivity index (χ1v) is 12.7. The number of para-hydroxylation sites is 2. The van der Waals surface area contributed by atoms with Crippen molar-refractivity contribution >= 4 is 41.6 Å². The number of carbonyl (C=O) groups excluding carboxylic acids is 7. The average Bonchev–Trinajstić information content (AvgIpc) is 2.88. The lowest BCUT2D eigenvalue weighted by Gasteiger charge is -2.18. The van der Waals surface area contributed by atoms with Crippen molar-refractivity contribution in [2.75, 3.05) is 6.54 Å². The van der Waals surface area contributed by atoms with Gasteiger partial charge in [0.1, 0.15) is 6.04 Å². The van der Waals surface area contributed by atoms with Crippen molar-refractivity contribution in [3.8, 4) is 23.0 Å². The third-order valence-electron chi connectivity index (χ3n) is 5.30. The summed E-state index contributed by atoms with van der Waals surface area (Å²) in [6, 6.07) is 7.14. The van der Waals surface area contributed by atoms with Crippen LogP contribution in [0.5, 0.6) is 23.0 Å². The second-order valence-electron chi connectivity index (χ2n) is 8.82. The molecule has 42 heavy (non-hydrogen) atoms. The van der Waals surface area contributed by atoms with E-state index in [1.807, 2.05) is 0 Å². The van der Waals surface area contributed by atoms with E-state index in [1.165, 1.54) is 36.4 Å². The maximum atomic E-state index is 13.0. The average molecular weight is 586 g/mol. The van der Waals surface area contributed by atoms with Gasteiger partial charge in [0, 0.05) is 34.2 Å². The normalized spacial score (nSPS) is 11.0. The molecule has 0 bridgehead atoms. The summed E-state index contributed by atoms with van der Waals surface area (Å²) < 4.78 is 20.2. The molecule has 0 fully saturated rings. The molecule has 0 aliphatic carbocycles. The number of hydrogen-bond donors (Lipinski definition) is 3. The second kappa shape index (κ2) is 15.5. The van der Waals surface area contributed by atoms with Crippen molar-refractivity contribution < 1.29 is 52.5 Å². The van der Waals surface area contributed by atoms with Crippen LogP contribution in [0.4, 0.5) is 0 Å². The highest BCUT2D eigenvalue weighted by molar-refractivity contribution is 6.01. The molecule has 3 amide bonds. The molecule has 0 aliphatic heterocycles. The number of primary amides is 1. The van der Waals surface area contributed by atoms with Gasteiger partial charge in [0.25, 0.3) is 11.8 Å². The van der Waals surface area contributed by atoms with Crippen molar-refractivity contribution in [1.82, 2.24) is 10.6 Å². The summed E-state index contributed by atoms with van der Waals surface area (Å²) in [5.41, 5.74) is 5.27. The molecule has 1 atom stereocenters. The Kier molecular flexibility index (Phi) is 12.2. The van der Waals surface area contributed by atoms with Gasteiger partial charge in [0.2, 0.25) is 5.91 Å². The van der Waals surface area contributed by atoms with Crippen LogP contribution in [0.1, 0.15) is 67.7 Å². The zero-order valence-corrected chi connectivity index (χ0v) is 23.4. The molecule has 224 valence electrons. The van der Waals surface area contributed by atoms with Gasteiger partial charge in [-0.1, -0.05) is 12.1 Å². The topological polar surface area (TPSA) is 206 Å². The largest absolute Gasteiger partial charge is 0.423 e. The van der Waals surface area contributed by atoms with Gasteiger partial charge in [-0.2, -0.15) is 0 Å². The minimum absolute atomic E-state index is 0.0363. The van der Waals surface area contributed by atoms with Gasteiger partial charge in [-0.15, -0.1) is 0 Å². The van der Waals surface area contributed by atoms with E-state index in [9.17, 15) is 33.6 Å². The third kappa shape index (κ3) is 10.0. The number of amides is 3. The lowest BCUT2D eigenvalue weighted by atomic mass is 10.1. The fourth-order valence-electron chi connectivity index (χ4n) is 3.65. The number of carbonyl (C=O) groups is 7. The van der Waals surface area contributed by atoms with Crippen LogP contribution in [-0.4, -0.2) is 54.2 Å². The van der Waals surface area contributed by atoms with Crippen LogP contribution in [0, 0.1) is 0 Å². The SMILES string of the molecule is CC(=O)Oc1cccc(C(=O)NCCCCC(NC(=O)c2cccc(OC(C)=O)c2OC(C)=O)C(N)=O)c1OC(C)=O. The van der Waals surface area contributed by atoms with Crippen LogP contribution in [0.2, 0.25) is 0 Å². The monoisotopic (exact) mass is 585 g/mol. The molecule has 2 aromatic rings. The number of hydrogen-bond acceptors (Lipinski definition) is 11. The zero-order valence-electron chi connectivity index (χ0n) is 23.4. The van der Waals surface area contributed by atoms with Crippen LogP contribution >= 0.6 is 0 Å². The summed E-state index contributed by atoms with van der Waals surface area (Å²) in [6.45, 7) is 4.66. The van der Waals surface area contributed by atoms with Gasteiger partial charge in [-0.3, -0.25) is 33.6 Å². The zero-order chi connectivity index (χ0) is 31.4. The fourth-order valence-corrected chi connectivity index (χ4v) is 3.65. The highest BCUT2D eigenvalue weighted by atomic mass is 16.6. The number of rotatable bonds is 13. The van der Waals surface area contributed by atoms with E-state index in [4.69, 9.17) is 24.7 Å². The Bertz CT molecular complexity index is 1390. The van der Waals surface area contributed by atoms with E-state index in [0.717, 1.165) is 27.7 Å². The second-order valence-corrected chi connectivity index (χ2v) is 8.82. The highest BCUT2D eigenvalue weighted by Gasteiger charge is 2.25. The van der Waals surface area contributed by atoms with Crippen molar-refractivity contribution in [2.24, 2.45) is 5.73 Å². The molecule has 2 aromatic carbocycles. The molecule has 4 N–H and O–H groups in total. The quantitative estimate of drug-likeness (QED) is 0.175. The number of nitrogens with one attached hydrogen (secondary N) is 2. The summed E-state index contributed by atoms with van der Waals surface area (Å²) in [5, 5.41) is 5.12. The predicted octanol–water partition coefficient (Wildman–Crippen LogP) is 1.57. The van der Waals surface area contributed by atoms with Gasteiger partial charge in [0.15, 0.2) is 23.0 Å². The Morgan fingerprint density at radius 1 is 0.667 bits per heavy atom. The van der Waals surface area contributed by atoms with Crippen molar-refractivity contribution in [3.63, 3.8) is 0 Å². The Hall–Kier alpha value is -5.27. The van der Waals surface area contributed by atoms with Crippen LogP contribution < -0.4 is 35.3 Å². The number of ether oxygens (including phenoxy) is 4. The van der Waals surface area contributed by atoms with Crippen LogP contribution in [0.3, 0.4) is 0 Å². The van der Waals surface area contributed by atoms with Crippen LogP contribution in [0.25, 0.3) is 0 Å². The molecule has 1 unspecified atom stereocenters. The number of unbranched alkanes of at least 4 members (excludes halogenated alkanes) is 1. The van der Waals surface area contributed by atoms with Gasteiger partial charge >= 0.3 is 23.9 Å². The van der Waals surface area contributed by atoms with Crippen LogP contribution in [0.15, 0.2) is 36.4 Å². The van der Waals surface area contributed by atoms with E-state index in [-0.39, 0.29) is 47.1 Å². The molecule has 14 heteroatoms. The maximum Gasteiger partial charge on any atom is 0.308 e. The predicted molar refractivity (Wildman–Crippen MR) is 145 cm³/mol.